The highest BCUT2D eigenvalue weighted by atomic mass is 35.5. The molecule has 0 aliphatic heterocycles. The van der Waals surface area contributed by atoms with Crippen LogP contribution in [0.4, 0.5) is 17.2 Å². The van der Waals surface area contributed by atoms with E-state index in [4.69, 9.17) is 11.6 Å². The van der Waals surface area contributed by atoms with Gasteiger partial charge in [-0.2, -0.15) is 0 Å². The van der Waals surface area contributed by atoms with Crippen molar-refractivity contribution in [2.75, 3.05) is 10.4 Å². The molecule has 0 atom stereocenters. The number of nitrogens with one attached hydrogen (secondary N) is 1. The highest BCUT2D eigenvalue weighted by Gasteiger charge is 2.15. The van der Waals surface area contributed by atoms with Crippen molar-refractivity contribution in [1.82, 2.24) is 4.98 Å². The number of hydrogen-bond donors (Lipinski definition) is 1. The molecule has 98 valence electrons. The van der Waals surface area contributed by atoms with E-state index >= 15 is 0 Å². The quantitative estimate of drug-likeness (QED) is 0.873. The van der Waals surface area contributed by atoms with Gasteiger partial charge >= 0.3 is 0 Å². The lowest BCUT2D eigenvalue weighted by Crippen LogP contribution is -2.23. The van der Waals surface area contributed by atoms with Gasteiger partial charge in [0.15, 0.2) is 0 Å². The lowest BCUT2D eigenvalue weighted by Gasteiger charge is -2.21. The summed E-state index contributed by atoms with van der Waals surface area (Å²) in [6.45, 7) is 1.42. The molecule has 19 heavy (non-hydrogen) atoms. The number of nitrogens with zero attached hydrogens (tertiary/aromatic N) is 2. The Morgan fingerprint density at radius 3 is 2.79 bits per heavy atom. The third kappa shape index (κ3) is 3.01. The van der Waals surface area contributed by atoms with Gasteiger partial charge < -0.3 is 10.7 Å². The Hall–Kier alpha value is -2.11. The minimum absolute atomic E-state index is 0.224. The summed E-state index contributed by atoms with van der Waals surface area (Å²) in [5, 5.41) is 11.2. The fraction of sp³-hybridized carbons (Fsp3) is 0.0769. The molecule has 1 N–H and O–H groups in total. The Labute approximate surface area is 115 Å². The highest BCUT2D eigenvalue weighted by molar-refractivity contribution is 6.31. The van der Waals surface area contributed by atoms with E-state index in [1.807, 2.05) is 0 Å². The Balaban J connectivity index is 2.48. The third-order valence-electron chi connectivity index (χ3n) is 2.47. The fourth-order valence-electron chi connectivity index (χ4n) is 1.69. The molecular weight excluding hydrogens is 266 g/mol. The van der Waals surface area contributed by atoms with E-state index in [1.54, 1.807) is 29.7 Å². The van der Waals surface area contributed by atoms with Crippen LogP contribution in [0.2, 0.25) is 5.02 Å². The molecule has 0 unspecified atom stereocenters. The van der Waals surface area contributed by atoms with Gasteiger partial charge in [-0.05, 0) is 24.3 Å². The second-order valence-electron chi connectivity index (χ2n) is 3.84. The normalized spacial score (nSPS) is 10.1. The third-order valence-corrected chi connectivity index (χ3v) is 2.71. The molecule has 0 saturated heterocycles. The predicted octanol–water partition coefficient (Wildman–Crippen LogP) is 3.33. The zero-order valence-electron chi connectivity index (χ0n) is 10.1. The Morgan fingerprint density at radius 1 is 1.37 bits per heavy atom. The van der Waals surface area contributed by atoms with Gasteiger partial charge in [-0.1, -0.05) is 17.7 Å². The van der Waals surface area contributed by atoms with Crippen LogP contribution in [0.3, 0.4) is 0 Å². The molecule has 6 heteroatoms. The largest absolute Gasteiger partial charge is 0.761 e. The highest BCUT2D eigenvalue weighted by Crippen LogP contribution is 2.27. The van der Waals surface area contributed by atoms with E-state index in [9.17, 15) is 10.0 Å². The van der Waals surface area contributed by atoms with E-state index in [0.717, 1.165) is 0 Å². The predicted molar refractivity (Wildman–Crippen MR) is 75.5 cm³/mol. The van der Waals surface area contributed by atoms with Crippen LogP contribution >= 0.6 is 11.6 Å². The lowest BCUT2D eigenvalue weighted by molar-refractivity contribution is -0.115. The smallest absolute Gasteiger partial charge is 0.229 e. The van der Waals surface area contributed by atoms with Crippen LogP contribution in [-0.4, -0.2) is 10.9 Å². The molecule has 1 aromatic carbocycles. The Kier molecular flexibility index (Phi) is 3.99. The summed E-state index contributed by atoms with van der Waals surface area (Å²) < 4.78 is 0. The number of carbonyl (C=O) groups excluding carboxylic acids is 1. The Morgan fingerprint density at radius 2 is 2.16 bits per heavy atom. The molecule has 5 nitrogen and oxygen atoms in total. The summed E-state index contributed by atoms with van der Waals surface area (Å²) in [5.74, 6) is 0.133. The molecule has 0 spiro atoms. The first kappa shape index (κ1) is 13.3. The van der Waals surface area contributed by atoms with Crippen LogP contribution in [0.25, 0.3) is 0 Å². The molecule has 1 aromatic heterocycles. The number of aromatic nitrogens is 1. The van der Waals surface area contributed by atoms with Gasteiger partial charge in [-0.15, -0.1) is 0 Å². The van der Waals surface area contributed by atoms with Gasteiger partial charge in [0.05, 0.1) is 5.69 Å². The fourth-order valence-corrected chi connectivity index (χ4v) is 1.88. The number of benzene rings is 1. The molecule has 1 heterocycles. The van der Waals surface area contributed by atoms with Gasteiger partial charge in [-0.3, -0.25) is 9.69 Å². The monoisotopic (exact) mass is 276 g/mol. The molecule has 0 aliphatic carbocycles. The first-order valence-electron chi connectivity index (χ1n) is 5.52. The van der Waals surface area contributed by atoms with Crippen molar-refractivity contribution < 1.29 is 4.79 Å². The Bertz CT molecular complexity index is 604. The maximum atomic E-state index is 11.8. The van der Waals surface area contributed by atoms with Crippen molar-refractivity contribution in [3.63, 3.8) is 0 Å². The van der Waals surface area contributed by atoms with Gasteiger partial charge in [0.2, 0.25) is 5.91 Å². The van der Waals surface area contributed by atoms with E-state index in [0.29, 0.717) is 22.2 Å². The second-order valence-corrected chi connectivity index (χ2v) is 4.28. The summed E-state index contributed by atoms with van der Waals surface area (Å²) in [6.07, 6.45) is 1.45. The summed E-state index contributed by atoms with van der Waals surface area (Å²) >= 11 is 5.92. The molecule has 1 amide bonds. The molecule has 2 rings (SSSR count). The molecule has 0 radical (unpaired) electrons. The summed E-state index contributed by atoms with van der Waals surface area (Å²) in [5.41, 5.74) is 2.69. The number of pyridine rings is 1. The van der Waals surface area contributed by atoms with Crippen LogP contribution in [-0.2, 0) is 4.79 Å². The minimum atomic E-state index is -0.224. The van der Waals surface area contributed by atoms with Crippen molar-refractivity contribution in [3.8, 4) is 0 Å². The summed E-state index contributed by atoms with van der Waals surface area (Å²) in [7, 11) is 0. The van der Waals surface area contributed by atoms with Crippen molar-refractivity contribution in [1.29, 1.82) is 0 Å². The summed E-state index contributed by atoms with van der Waals surface area (Å²) in [4.78, 5) is 17.3. The molecule has 2 aromatic rings. The van der Waals surface area contributed by atoms with E-state index in [1.165, 1.54) is 30.2 Å². The number of amides is 1. The van der Waals surface area contributed by atoms with Gasteiger partial charge in [0, 0.05) is 29.9 Å². The SMILES string of the molecule is CC(=O)N(c1cccc(Cl)c1)c1cc(N[O-])ccn1. The van der Waals surface area contributed by atoms with Gasteiger partial charge in [0.25, 0.3) is 0 Å². The van der Waals surface area contributed by atoms with Crippen molar-refractivity contribution >= 4 is 34.7 Å². The molecule has 0 aliphatic rings. The first-order valence-corrected chi connectivity index (χ1v) is 5.90. The standard InChI is InChI=1S/C13H11ClN3O2/c1-9(18)17(12-4-2-3-10(14)7-12)13-8-11(16-19)5-6-15-13/h2-8H,1H3,(H-,15,16,19)/q-1. The van der Waals surface area contributed by atoms with Crippen LogP contribution in [0.1, 0.15) is 6.92 Å². The lowest BCUT2D eigenvalue weighted by atomic mass is 10.2. The number of rotatable bonds is 3. The van der Waals surface area contributed by atoms with Crippen LogP contribution in [0.15, 0.2) is 42.6 Å². The van der Waals surface area contributed by atoms with E-state index in [-0.39, 0.29) is 5.91 Å². The average Bonchev–Trinajstić information content (AvgIpc) is 2.39. The minimum Gasteiger partial charge on any atom is -0.761 e. The zero-order chi connectivity index (χ0) is 13.8. The topological polar surface area (TPSA) is 68.3 Å². The van der Waals surface area contributed by atoms with Crippen molar-refractivity contribution in [2.45, 2.75) is 6.92 Å². The number of anilines is 3. The molecular formula is C13H11ClN3O2-. The van der Waals surface area contributed by atoms with E-state index < -0.39 is 0 Å². The maximum absolute atomic E-state index is 11.8. The summed E-state index contributed by atoms with van der Waals surface area (Å²) in [6, 6.07) is 9.87. The molecule has 0 bridgehead atoms. The van der Waals surface area contributed by atoms with Gasteiger partial charge in [0.1, 0.15) is 5.82 Å². The van der Waals surface area contributed by atoms with Crippen LogP contribution in [0, 0.1) is 5.21 Å². The second kappa shape index (κ2) is 5.69. The van der Waals surface area contributed by atoms with Crippen LogP contribution in [0.5, 0.6) is 0 Å². The number of hydrogen-bond acceptors (Lipinski definition) is 4. The van der Waals surface area contributed by atoms with Crippen molar-refractivity contribution in [2.24, 2.45) is 0 Å². The number of carbonyl (C=O) groups is 1. The average molecular weight is 277 g/mol. The van der Waals surface area contributed by atoms with Crippen molar-refractivity contribution in [3.05, 3.63) is 52.8 Å². The first-order chi connectivity index (χ1) is 9.11. The van der Waals surface area contributed by atoms with Gasteiger partial charge in [-0.25, -0.2) is 4.98 Å². The van der Waals surface area contributed by atoms with E-state index in [2.05, 4.69) is 4.98 Å². The zero-order valence-corrected chi connectivity index (χ0v) is 10.9. The maximum Gasteiger partial charge on any atom is 0.229 e. The number of halogens is 1. The van der Waals surface area contributed by atoms with Crippen LogP contribution < -0.4 is 10.4 Å². The molecule has 0 fully saturated rings. The molecule has 0 saturated carbocycles.